The van der Waals surface area contributed by atoms with E-state index in [2.05, 4.69) is 12.2 Å². The first-order valence-electron chi connectivity index (χ1n) is 12.1. The van der Waals surface area contributed by atoms with Gasteiger partial charge in [0.2, 0.25) is 5.91 Å². The van der Waals surface area contributed by atoms with Crippen molar-refractivity contribution in [1.82, 2.24) is 10.2 Å². The number of nitrogens with one attached hydrogen (secondary N) is 1. The number of carboxylic acid groups (broad SMARTS) is 1. The first-order chi connectivity index (χ1) is 16.6. The van der Waals surface area contributed by atoms with Crippen molar-refractivity contribution in [2.24, 2.45) is 5.73 Å². The first-order valence-corrected chi connectivity index (χ1v) is 13.5. The number of nitrogens with zero attached hydrogens (tertiary/aromatic N) is 1. The second-order valence-corrected chi connectivity index (χ2v) is 9.81. The van der Waals surface area contributed by atoms with Crippen LogP contribution in [0.5, 0.6) is 5.75 Å². The molecule has 4 atom stereocenters. The van der Waals surface area contributed by atoms with E-state index in [9.17, 15) is 29.7 Å². The van der Waals surface area contributed by atoms with Gasteiger partial charge >= 0.3 is 5.97 Å². The summed E-state index contributed by atoms with van der Waals surface area (Å²) in [5, 5.41) is 32.1. The zero-order chi connectivity index (χ0) is 26.4. The summed E-state index contributed by atoms with van der Waals surface area (Å²) in [4.78, 5) is 39.0. The maximum atomic E-state index is 13.1. The Hall–Kier alpha value is -2.30. The lowest BCUT2D eigenvalue weighted by Crippen LogP contribution is -2.56. The van der Waals surface area contributed by atoms with Gasteiger partial charge in [0.15, 0.2) is 0 Å². The molecule has 10 heteroatoms. The van der Waals surface area contributed by atoms with Crippen molar-refractivity contribution in [3.05, 3.63) is 29.8 Å². The van der Waals surface area contributed by atoms with E-state index < -0.39 is 42.0 Å². The molecule has 0 bridgehead atoms. The minimum absolute atomic E-state index is 0.0137. The summed E-state index contributed by atoms with van der Waals surface area (Å²) in [6.07, 6.45) is 6.36. The Morgan fingerprint density at radius 3 is 2.29 bits per heavy atom. The molecule has 9 nitrogen and oxygen atoms in total. The number of hydrogen-bond donors (Lipinski definition) is 5. The Balaban J connectivity index is 2.85. The number of phenolic OH excluding ortho intramolecular Hbond substituents is 1. The molecule has 1 aromatic rings. The number of aliphatic hydroxyl groups is 1. The number of phenols is 1. The number of nitrogens with two attached hydrogens (primary N) is 1. The molecule has 0 heterocycles. The van der Waals surface area contributed by atoms with E-state index in [1.54, 1.807) is 12.1 Å². The molecule has 0 saturated heterocycles. The van der Waals surface area contributed by atoms with Crippen LogP contribution in [0.25, 0.3) is 0 Å². The van der Waals surface area contributed by atoms with Crippen LogP contribution in [-0.4, -0.2) is 81.3 Å². The van der Waals surface area contributed by atoms with Crippen LogP contribution in [0.15, 0.2) is 24.3 Å². The van der Waals surface area contributed by atoms with Crippen LogP contribution in [0, 0.1) is 0 Å². The van der Waals surface area contributed by atoms with Crippen LogP contribution in [0.4, 0.5) is 0 Å². The lowest BCUT2D eigenvalue weighted by Gasteiger charge is -2.31. The number of aliphatic carboxylic acids is 1. The van der Waals surface area contributed by atoms with Crippen molar-refractivity contribution in [3.8, 4) is 5.75 Å². The number of aliphatic hydroxyl groups excluding tert-OH is 1. The van der Waals surface area contributed by atoms with E-state index in [1.165, 1.54) is 35.8 Å². The van der Waals surface area contributed by atoms with Crippen molar-refractivity contribution in [1.29, 1.82) is 0 Å². The molecule has 198 valence electrons. The fourth-order valence-corrected chi connectivity index (χ4v) is 4.21. The number of carbonyl (C=O) groups excluding carboxylic acids is 2. The number of rotatable bonds is 17. The summed E-state index contributed by atoms with van der Waals surface area (Å²) >= 11 is 1.49. The van der Waals surface area contributed by atoms with Crippen molar-refractivity contribution in [2.75, 3.05) is 19.1 Å². The van der Waals surface area contributed by atoms with Crippen LogP contribution in [0.2, 0.25) is 0 Å². The monoisotopic (exact) mass is 511 g/mol. The quantitative estimate of drug-likeness (QED) is 0.199. The van der Waals surface area contributed by atoms with Gasteiger partial charge in [0.25, 0.3) is 5.91 Å². The van der Waals surface area contributed by atoms with Gasteiger partial charge in [-0.1, -0.05) is 51.2 Å². The molecule has 0 saturated carbocycles. The first kappa shape index (κ1) is 30.7. The van der Waals surface area contributed by atoms with Crippen LogP contribution in [0.1, 0.15) is 57.4 Å². The second-order valence-electron chi connectivity index (χ2n) is 8.83. The third-order valence-corrected chi connectivity index (χ3v) is 6.65. The van der Waals surface area contributed by atoms with Gasteiger partial charge in [-0.25, -0.2) is 4.79 Å². The average molecular weight is 512 g/mol. The van der Waals surface area contributed by atoms with E-state index in [0.717, 1.165) is 32.1 Å². The minimum Gasteiger partial charge on any atom is -0.508 e. The standard InChI is InChI=1S/C25H41N3O6S/c1-4-5-6-7-8-9-19(26)22(30)24(32)28(2)21(14-15-35-3)23(31)27-20(25(33)34)16-17-10-12-18(29)13-11-17/h10-13,19-22,29-30H,4-9,14-16,26H2,1-3H3,(H,27,31)(H,33,34). The van der Waals surface area contributed by atoms with Crippen LogP contribution in [-0.2, 0) is 20.8 Å². The van der Waals surface area contributed by atoms with Gasteiger partial charge in [0.05, 0.1) is 0 Å². The highest BCUT2D eigenvalue weighted by Gasteiger charge is 2.34. The lowest BCUT2D eigenvalue weighted by atomic mass is 10.0. The van der Waals surface area contributed by atoms with Crippen molar-refractivity contribution >= 4 is 29.5 Å². The smallest absolute Gasteiger partial charge is 0.326 e. The third-order valence-electron chi connectivity index (χ3n) is 6.00. The van der Waals surface area contributed by atoms with Gasteiger partial charge in [0, 0.05) is 19.5 Å². The van der Waals surface area contributed by atoms with Gasteiger partial charge in [-0.05, 0) is 42.5 Å². The van der Waals surface area contributed by atoms with Gasteiger partial charge in [-0.2, -0.15) is 11.8 Å². The van der Waals surface area contributed by atoms with Crippen molar-refractivity contribution in [3.63, 3.8) is 0 Å². The third kappa shape index (κ3) is 10.9. The fraction of sp³-hybridized carbons (Fsp3) is 0.640. The number of aromatic hydroxyl groups is 1. The molecular weight excluding hydrogens is 470 g/mol. The average Bonchev–Trinajstić information content (AvgIpc) is 2.83. The number of likely N-dealkylation sites (N-methyl/N-ethyl adjacent to an activating group) is 1. The largest absolute Gasteiger partial charge is 0.508 e. The Morgan fingerprint density at radius 2 is 1.71 bits per heavy atom. The number of carbonyl (C=O) groups is 3. The van der Waals surface area contributed by atoms with Gasteiger partial charge in [0.1, 0.15) is 23.9 Å². The van der Waals surface area contributed by atoms with Crippen molar-refractivity contribution in [2.45, 2.75) is 82.5 Å². The zero-order valence-electron chi connectivity index (χ0n) is 21.0. The van der Waals surface area contributed by atoms with Gasteiger partial charge in [-0.3, -0.25) is 9.59 Å². The molecule has 1 aromatic carbocycles. The number of hydrogen-bond acceptors (Lipinski definition) is 7. The highest BCUT2D eigenvalue weighted by Crippen LogP contribution is 2.15. The summed E-state index contributed by atoms with van der Waals surface area (Å²) in [5.74, 6) is -1.86. The normalized spacial score (nSPS) is 14.5. The molecule has 6 N–H and O–H groups in total. The van der Waals surface area contributed by atoms with Crippen LogP contribution >= 0.6 is 11.8 Å². The predicted octanol–water partition coefficient (Wildman–Crippen LogP) is 2.13. The molecule has 0 fully saturated rings. The molecular formula is C25H41N3O6S. The number of amides is 2. The molecule has 1 rings (SSSR count). The van der Waals surface area contributed by atoms with E-state index >= 15 is 0 Å². The molecule has 0 aliphatic heterocycles. The van der Waals surface area contributed by atoms with E-state index in [-0.39, 0.29) is 12.2 Å². The van der Waals surface area contributed by atoms with E-state index in [1.807, 2.05) is 6.26 Å². The number of carboxylic acids is 1. The van der Waals surface area contributed by atoms with E-state index in [4.69, 9.17) is 5.73 Å². The summed E-state index contributed by atoms with van der Waals surface area (Å²) in [7, 11) is 1.43. The maximum Gasteiger partial charge on any atom is 0.326 e. The topological polar surface area (TPSA) is 153 Å². The Bertz CT molecular complexity index is 792. The van der Waals surface area contributed by atoms with Crippen LogP contribution in [0.3, 0.4) is 0 Å². The summed E-state index contributed by atoms with van der Waals surface area (Å²) in [6.45, 7) is 2.12. The molecule has 0 radical (unpaired) electrons. The summed E-state index contributed by atoms with van der Waals surface area (Å²) in [6, 6.07) is 3.13. The Kier molecular flexibility index (Phi) is 14.4. The SMILES string of the molecule is CCCCCCCC(N)C(O)C(=O)N(C)C(CCSC)C(=O)NC(Cc1ccc(O)cc1)C(=O)O. The Labute approximate surface area is 212 Å². The van der Waals surface area contributed by atoms with Crippen molar-refractivity contribution < 1.29 is 29.7 Å². The molecule has 2 amide bonds. The predicted molar refractivity (Wildman–Crippen MR) is 138 cm³/mol. The van der Waals surface area contributed by atoms with E-state index in [0.29, 0.717) is 24.2 Å². The molecule has 0 aromatic heterocycles. The highest BCUT2D eigenvalue weighted by atomic mass is 32.2. The number of benzene rings is 1. The van der Waals surface area contributed by atoms with Gasteiger partial charge in [-0.15, -0.1) is 0 Å². The molecule has 0 aliphatic carbocycles. The minimum atomic E-state index is -1.44. The number of unbranched alkanes of at least 4 members (excludes halogenated alkanes) is 4. The molecule has 4 unspecified atom stereocenters. The van der Waals surface area contributed by atoms with Gasteiger partial charge < -0.3 is 31.3 Å². The fourth-order valence-electron chi connectivity index (χ4n) is 3.75. The molecule has 0 aliphatic rings. The highest BCUT2D eigenvalue weighted by molar-refractivity contribution is 7.98. The van der Waals surface area contributed by atoms with Crippen LogP contribution < -0.4 is 11.1 Å². The lowest BCUT2D eigenvalue weighted by molar-refractivity contribution is -0.148. The summed E-state index contributed by atoms with van der Waals surface area (Å²) in [5.41, 5.74) is 6.69. The Morgan fingerprint density at radius 1 is 1.09 bits per heavy atom. The maximum absolute atomic E-state index is 13.1. The molecule has 0 spiro atoms. The summed E-state index contributed by atoms with van der Waals surface area (Å²) < 4.78 is 0. The molecule has 35 heavy (non-hydrogen) atoms. The number of thioether (sulfide) groups is 1. The zero-order valence-corrected chi connectivity index (χ0v) is 21.8. The second kappa shape index (κ2) is 16.4.